The predicted molar refractivity (Wildman–Crippen MR) is 66.5 cm³/mol. The van der Waals surface area contributed by atoms with Crippen molar-refractivity contribution in [3.63, 3.8) is 0 Å². The van der Waals surface area contributed by atoms with E-state index >= 15 is 0 Å². The molecule has 2 N–H and O–H groups in total. The van der Waals surface area contributed by atoms with Crippen LogP contribution in [0.2, 0.25) is 0 Å². The van der Waals surface area contributed by atoms with Crippen LogP contribution in [-0.2, 0) is 0 Å². The van der Waals surface area contributed by atoms with E-state index in [1.54, 1.807) is 18.2 Å². The molecule has 0 aliphatic carbocycles. The van der Waals surface area contributed by atoms with E-state index in [1.807, 2.05) is 0 Å². The number of aromatic nitrogens is 3. The van der Waals surface area contributed by atoms with Gasteiger partial charge >= 0.3 is 0 Å². The Labute approximate surface area is 102 Å². The highest BCUT2D eigenvalue weighted by Crippen LogP contribution is 2.21. The van der Waals surface area contributed by atoms with Crippen LogP contribution < -0.4 is 5.84 Å². The molecule has 0 amide bonds. The van der Waals surface area contributed by atoms with Gasteiger partial charge in [0, 0.05) is 11.3 Å². The van der Waals surface area contributed by atoms with Gasteiger partial charge in [-0.05, 0) is 24.3 Å². The van der Waals surface area contributed by atoms with E-state index in [2.05, 4.69) is 16.8 Å². The smallest absolute Gasteiger partial charge is 0.210 e. The molecular weight excluding hydrogens is 239 g/mol. The highest BCUT2D eigenvalue weighted by atomic mass is 32.2. The van der Waals surface area contributed by atoms with Gasteiger partial charge in [-0.1, -0.05) is 17.8 Å². The van der Waals surface area contributed by atoms with Gasteiger partial charge in [-0.15, -0.1) is 16.8 Å². The third-order valence-electron chi connectivity index (χ3n) is 2.10. The van der Waals surface area contributed by atoms with Crippen molar-refractivity contribution in [1.29, 1.82) is 0 Å². The standard InChI is InChI=1S/C11H11FN4S/c1-2-7-17-11-15-14-10(16(11)13)8-3-5-9(12)6-4-8/h2-6H,1,7,13H2. The van der Waals surface area contributed by atoms with E-state index in [0.29, 0.717) is 16.7 Å². The summed E-state index contributed by atoms with van der Waals surface area (Å²) in [7, 11) is 0. The number of rotatable bonds is 4. The summed E-state index contributed by atoms with van der Waals surface area (Å²) in [4.78, 5) is 0. The summed E-state index contributed by atoms with van der Waals surface area (Å²) in [5.41, 5.74) is 0.729. The lowest BCUT2D eigenvalue weighted by Crippen LogP contribution is -2.11. The monoisotopic (exact) mass is 250 g/mol. The van der Waals surface area contributed by atoms with Crippen LogP contribution in [-0.4, -0.2) is 20.6 Å². The van der Waals surface area contributed by atoms with Gasteiger partial charge in [-0.2, -0.15) is 0 Å². The minimum Gasteiger partial charge on any atom is -0.335 e. The van der Waals surface area contributed by atoms with Gasteiger partial charge < -0.3 is 5.84 Å². The van der Waals surface area contributed by atoms with Crippen molar-refractivity contribution in [2.45, 2.75) is 5.16 Å². The van der Waals surface area contributed by atoms with E-state index in [-0.39, 0.29) is 5.82 Å². The Morgan fingerprint density at radius 1 is 1.35 bits per heavy atom. The van der Waals surface area contributed by atoms with E-state index < -0.39 is 0 Å². The summed E-state index contributed by atoms with van der Waals surface area (Å²) in [5.74, 6) is 6.78. The molecule has 4 nitrogen and oxygen atoms in total. The van der Waals surface area contributed by atoms with Gasteiger partial charge in [-0.25, -0.2) is 9.07 Å². The molecule has 2 aromatic rings. The molecule has 0 atom stereocenters. The molecule has 1 aromatic heterocycles. The lowest BCUT2D eigenvalue weighted by Gasteiger charge is -2.02. The summed E-state index contributed by atoms with van der Waals surface area (Å²) in [6.45, 7) is 3.62. The Balaban J connectivity index is 2.30. The lowest BCUT2D eigenvalue weighted by atomic mass is 10.2. The van der Waals surface area contributed by atoms with E-state index in [4.69, 9.17) is 5.84 Å². The predicted octanol–water partition coefficient (Wildman–Crippen LogP) is 2.08. The quantitative estimate of drug-likeness (QED) is 0.513. The van der Waals surface area contributed by atoms with Gasteiger partial charge in [0.15, 0.2) is 5.82 Å². The Kier molecular flexibility index (Phi) is 3.43. The highest BCUT2D eigenvalue weighted by Gasteiger charge is 2.11. The maximum atomic E-state index is 12.8. The summed E-state index contributed by atoms with van der Waals surface area (Å²) >= 11 is 1.44. The molecule has 1 aromatic carbocycles. The van der Waals surface area contributed by atoms with Gasteiger partial charge in [-0.3, -0.25) is 0 Å². The minimum atomic E-state index is -0.293. The second-order valence-electron chi connectivity index (χ2n) is 3.28. The fraction of sp³-hybridized carbons (Fsp3) is 0.0909. The van der Waals surface area contributed by atoms with Crippen molar-refractivity contribution in [3.8, 4) is 11.4 Å². The number of benzene rings is 1. The Bertz CT molecular complexity index is 521. The second-order valence-corrected chi connectivity index (χ2v) is 4.27. The molecule has 0 bridgehead atoms. The number of nitrogens with zero attached hydrogens (tertiary/aromatic N) is 3. The normalized spacial score (nSPS) is 10.4. The maximum absolute atomic E-state index is 12.8. The van der Waals surface area contributed by atoms with Crippen LogP contribution in [0.4, 0.5) is 4.39 Å². The molecule has 1 heterocycles. The van der Waals surface area contributed by atoms with E-state index in [1.165, 1.54) is 28.6 Å². The van der Waals surface area contributed by atoms with Crippen LogP contribution in [0.3, 0.4) is 0 Å². The third-order valence-corrected chi connectivity index (χ3v) is 3.04. The van der Waals surface area contributed by atoms with Gasteiger partial charge in [0.1, 0.15) is 5.82 Å². The number of nitrogens with two attached hydrogens (primary N) is 1. The van der Waals surface area contributed by atoms with Crippen LogP contribution in [0.1, 0.15) is 0 Å². The van der Waals surface area contributed by atoms with Gasteiger partial charge in [0.05, 0.1) is 0 Å². The molecule has 0 radical (unpaired) electrons. The molecule has 0 aliphatic rings. The molecule has 2 rings (SSSR count). The Hall–Kier alpha value is -1.82. The molecule has 17 heavy (non-hydrogen) atoms. The van der Waals surface area contributed by atoms with Crippen LogP contribution in [0.5, 0.6) is 0 Å². The maximum Gasteiger partial charge on any atom is 0.210 e. The number of thioether (sulfide) groups is 1. The third kappa shape index (κ3) is 2.47. The fourth-order valence-electron chi connectivity index (χ4n) is 1.30. The van der Waals surface area contributed by atoms with Crippen molar-refractivity contribution < 1.29 is 4.39 Å². The first kappa shape index (κ1) is 11.7. The zero-order valence-electron chi connectivity index (χ0n) is 9.01. The van der Waals surface area contributed by atoms with Crippen molar-refractivity contribution >= 4 is 11.8 Å². The Morgan fingerprint density at radius 3 is 2.71 bits per heavy atom. The van der Waals surface area contributed by atoms with Crippen molar-refractivity contribution in [2.24, 2.45) is 0 Å². The van der Waals surface area contributed by atoms with Crippen LogP contribution in [0.25, 0.3) is 11.4 Å². The van der Waals surface area contributed by atoms with Crippen molar-refractivity contribution in [1.82, 2.24) is 14.9 Å². The summed E-state index contributed by atoms with van der Waals surface area (Å²) in [5, 5.41) is 8.54. The molecule has 0 unspecified atom stereocenters. The largest absolute Gasteiger partial charge is 0.335 e. The zero-order valence-corrected chi connectivity index (χ0v) is 9.82. The van der Waals surface area contributed by atoms with Crippen LogP contribution in [0.15, 0.2) is 42.1 Å². The molecule has 0 aliphatic heterocycles. The van der Waals surface area contributed by atoms with Gasteiger partial charge in [0.2, 0.25) is 5.16 Å². The first-order chi connectivity index (χ1) is 8.22. The average Bonchev–Trinajstić information content (AvgIpc) is 2.69. The van der Waals surface area contributed by atoms with Crippen LogP contribution >= 0.6 is 11.8 Å². The van der Waals surface area contributed by atoms with E-state index in [9.17, 15) is 4.39 Å². The topological polar surface area (TPSA) is 56.7 Å². The number of nitrogen functional groups attached to an aromatic ring is 1. The Morgan fingerprint density at radius 2 is 2.06 bits per heavy atom. The molecule has 6 heteroatoms. The molecule has 0 saturated carbocycles. The first-order valence-electron chi connectivity index (χ1n) is 4.92. The number of halogens is 1. The SMILES string of the molecule is C=CCSc1nnc(-c2ccc(F)cc2)n1N. The van der Waals surface area contributed by atoms with Crippen molar-refractivity contribution in [3.05, 3.63) is 42.7 Å². The number of hydrogen-bond donors (Lipinski definition) is 1. The first-order valence-corrected chi connectivity index (χ1v) is 5.91. The van der Waals surface area contributed by atoms with E-state index in [0.717, 1.165) is 5.56 Å². The second kappa shape index (κ2) is 5.01. The summed E-state index contributed by atoms with van der Waals surface area (Å²) in [6.07, 6.45) is 1.76. The molecular formula is C11H11FN4S. The molecule has 0 saturated heterocycles. The molecule has 0 spiro atoms. The van der Waals surface area contributed by atoms with Crippen molar-refractivity contribution in [2.75, 3.05) is 11.6 Å². The lowest BCUT2D eigenvalue weighted by molar-refractivity contribution is 0.628. The summed E-state index contributed by atoms with van der Waals surface area (Å²) in [6, 6.07) is 5.95. The molecule has 0 fully saturated rings. The average molecular weight is 250 g/mol. The minimum absolute atomic E-state index is 0.293. The molecule has 88 valence electrons. The number of hydrogen-bond acceptors (Lipinski definition) is 4. The zero-order chi connectivity index (χ0) is 12.3. The van der Waals surface area contributed by atoms with Crippen LogP contribution in [0, 0.1) is 5.82 Å². The highest BCUT2D eigenvalue weighted by molar-refractivity contribution is 7.99. The fourth-order valence-corrected chi connectivity index (χ4v) is 1.90. The summed E-state index contributed by atoms with van der Waals surface area (Å²) < 4.78 is 14.2. The van der Waals surface area contributed by atoms with Gasteiger partial charge in [0.25, 0.3) is 0 Å².